The van der Waals surface area contributed by atoms with E-state index in [0.29, 0.717) is 6.42 Å². The van der Waals surface area contributed by atoms with Gasteiger partial charge in [-0.15, -0.1) is 0 Å². The molecule has 0 heterocycles. The van der Waals surface area contributed by atoms with Gasteiger partial charge >= 0.3 is 0 Å². The van der Waals surface area contributed by atoms with E-state index in [2.05, 4.69) is 111 Å². The molecule has 0 unspecified atom stereocenters. The highest BCUT2D eigenvalue weighted by Gasteiger charge is 2.68. The zero-order chi connectivity index (χ0) is 26.2. The average Bonchev–Trinajstić information content (AvgIpc) is 3.08. The number of nitriles is 2. The van der Waals surface area contributed by atoms with Crippen LogP contribution in [0.2, 0.25) is 0 Å². The van der Waals surface area contributed by atoms with E-state index < -0.39 is 21.7 Å². The summed E-state index contributed by atoms with van der Waals surface area (Å²) in [5, 5.41) is 22.6. The average molecular weight is 489 g/mol. The second kappa shape index (κ2) is 7.56. The largest absolute Gasteiger partial charge is 0.197 e. The van der Waals surface area contributed by atoms with E-state index in [1.165, 1.54) is 22.3 Å². The van der Waals surface area contributed by atoms with Crippen LogP contribution in [0.3, 0.4) is 0 Å². The highest BCUT2D eigenvalue weighted by Crippen LogP contribution is 2.71. The first-order chi connectivity index (χ1) is 18.5. The summed E-state index contributed by atoms with van der Waals surface area (Å²) >= 11 is 0. The number of hydrogen-bond acceptors (Lipinski definition) is 2. The summed E-state index contributed by atoms with van der Waals surface area (Å²) in [5.74, 6) is 0. The van der Waals surface area contributed by atoms with Gasteiger partial charge in [0.1, 0.15) is 10.8 Å². The topological polar surface area (TPSA) is 47.6 Å². The fourth-order valence-corrected chi connectivity index (χ4v) is 8.14. The van der Waals surface area contributed by atoms with Crippen molar-refractivity contribution in [2.24, 2.45) is 5.41 Å². The minimum atomic E-state index is -0.907. The smallest absolute Gasteiger partial charge is 0.116 e. The van der Waals surface area contributed by atoms with Crippen LogP contribution >= 0.6 is 0 Å². The fourth-order valence-electron chi connectivity index (χ4n) is 8.14. The monoisotopic (exact) mass is 488 g/mol. The Labute approximate surface area is 224 Å². The third-order valence-electron chi connectivity index (χ3n) is 9.85. The summed E-state index contributed by atoms with van der Waals surface area (Å²) < 4.78 is 0. The van der Waals surface area contributed by atoms with E-state index in [1.807, 2.05) is 24.3 Å². The SMILES string of the molecule is CC1(C)C2=C(C(c3ccccc3)(c3ccccc3)C2)[C@@]2(C#N)Cc3ccccc3[C@]1(C#N)c1ccccc12. The molecule has 0 N–H and O–H groups in total. The molecule has 0 fully saturated rings. The van der Waals surface area contributed by atoms with E-state index >= 15 is 0 Å². The maximum atomic E-state index is 11.4. The fraction of sp³-hybridized carbons (Fsp3) is 0.222. The second-order valence-electron chi connectivity index (χ2n) is 11.6. The molecule has 3 aliphatic rings. The maximum absolute atomic E-state index is 11.4. The van der Waals surface area contributed by atoms with Gasteiger partial charge in [0, 0.05) is 10.8 Å². The first kappa shape index (κ1) is 22.8. The molecule has 182 valence electrons. The molecule has 3 aliphatic carbocycles. The van der Waals surface area contributed by atoms with Crippen LogP contribution in [0.5, 0.6) is 0 Å². The summed E-state index contributed by atoms with van der Waals surface area (Å²) in [5.41, 5.74) is 6.13. The molecule has 0 saturated carbocycles. The van der Waals surface area contributed by atoms with Gasteiger partial charge in [-0.3, -0.25) is 0 Å². The molecule has 4 aromatic rings. The Morgan fingerprint density at radius 3 is 1.68 bits per heavy atom. The van der Waals surface area contributed by atoms with Crippen LogP contribution in [0, 0.1) is 28.1 Å². The lowest BCUT2D eigenvalue weighted by atomic mass is 9.43. The molecule has 2 nitrogen and oxygen atoms in total. The molecular formula is C36H28N2. The molecule has 0 radical (unpaired) electrons. The van der Waals surface area contributed by atoms with Crippen molar-refractivity contribution < 1.29 is 0 Å². The summed E-state index contributed by atoms with van der Waals surface area (Å²) in [6.45, 7) is 4.47. The van der Waals surface area contributed by atoms with Crippen molar-refractivity contribution in [3.63, 3.8) is 0 Å². The number of rotatable bonds is 2. The van der Waals surface area contributed by atoms with Gasteiger partial charge in [-0.05, 0) is 51.8 Å². The minimum Gasteiger partial charge on any atom is -0.197 e. The van der Waals surface area contributed by atoms with E-state index in [1.54, 1.807) is 0 Å². The lowest BCUT2D eigenvalue weighted by Gasteiger charge is -2.58. The second-order valence-corrected chi connectivity index (χ2v) is 11.6. The number of hydrogen-bond donors (Lipinski definition) is 0. The number of nitrogens with zero attached hydrogens (tertiary/aromatic N) is 2. The minimum absolute atomic E-state index is 0.449. The standard InChI is InChI=1S/C36H28N2/c1-33(2)31-22-35(26-14-5-3-6-15-26,27-16-7-4-8-17-27)32(31)34(23-37)21-25-13-9-10-18-28(25)36(33,24-38)30-20-12-11-19-29(30)34/h3-20H,21-22H2,1-2H3/t34-,36-/m1/s1. The quantitative estimate of drug-likeness (QED) is 0.274. The van der Waals surface area contributed by atoms with Crippen molar-refractivity contribution in [3.05, 3.63) is 154 Å². The van der Waals surface area contributed by atoms with Crippen LogP contribution in [-0.4, -0.2) is 0 Å². The Balaban J connectivity index is 1.70. The molecule has 7 rings (SSSR count). The van der Waals surface area contributed by atoms with E-state index in [9.17, 15) is 10.5 Å². The van der Waals surface area contributed by atoms with Crippen LogP contribution in [0.25, 0.3) is 0 Å². The molecular weight excluding hydrogens is 460 g/mol. The summed E-state index contributed by atoms with van der Waals surface area (Å²) in [4.78, 5) is 0. The van der Waals surface area contributed by atoms with Crippen LogP contribution in [0.15, 0.2) is 120 Å². The first-order valence-corrected chi connectivity index (χ1v) is 13.3. The normalized spacial score (nSPS) is 25.4. The first-order valence-electron chi connectivity index (χ1n) is 13.3. The highest BCUT2D eigenvalue weighted by atomic mass is 14.7. The summed E-state index contributed by atoms with van der Waals surface area (Å²) in [7, 11) is 0. The van der Waals surface area contributed by atoms with Crippen LogP contribution in [-0.2, 0) is 22.7 Å². The van der Waals surface area contributed by atoms with E-state index in [-0.39, 0.29) is 0 Å². The lowest BCUT2D eigenvalue weighted by molar-refractivity contribution is 0.258. The van der Waals surface area contributed by atoms with Crippen LogP contribution in [0.1, 0.15) is 53.6 Å². The molecule has 2 heteroatoms. The van der Waals surface area contributed by atoms with Gasteiger partial charge in [-0.1, -0.05) is 129 Å². The molecule has 0 aromatic heterocycles. The van der Waals surface area contributed by atoms with Gasteiger partial charge in [-0.2, -0.15) is 10.5 Å². The van der Waals surface area contributed by atoms with Crippen molar-refractivity contribution in [3.8, 4) is 12.1 Å². The molecule has 0 saturated heterocycles. The van der Waals surface area contributed by atoms with Gasteiger partial charge < -0.3 is 0 Å². The van der Waals surface area contributed by atoms with Crippen molar-refractivity contribution >= 4 is 0 Å². The molecule has 0 aliphatic heterocycles. The van der Waals surface area contributed by atoms with E-state index in [4.69, 9.17) is 0 Å². The van der Waals surface area contributed by atoms with Gasteiger partial charge in [0.25, 0.3) is 0 Å². The molecule has 4 aromatic carbocycles. The third-order valence-corrected chi connectivity index (χ3v) is 9.85. The van der Waals surface area contributed by atoms with Gasteiger partial charge in [0.2, 0.25) is 0 Å². The Morgan fingerprint density at radius 2 is 1.11 bits per heavy atom. The Kier molecular flexibility index (Phi) is 4.53. The Bertz CT molecular complexity index is 1680. The predicted molar refractivity (Wildman–Crippen MR) is 149 cm³/mol. The molecule has 2 atom stereocenters. The van der Waals surface area contributed by atoms with Crippen LogP contribution in [0.4, 0.5) is 0 Å². The zero-order valence-corrected chi connectivity index (χ0v) is 21.7. The van der Waals surface area contributed by atoms with Crippen molar-refractivity contribution in [2.45, 2.75) is 42.9 Å². The van der Waals surface area contributed by atoms with E-state index in [0.717, 1.165) is 28.7 Å². The Morgan fingerprint density at radius 1 is 0.579 bits per heavy atom. The highest BCUT2D eigenvalue weighted by molar-refractivity contribution is 5.75. The molecule has 38 heavy (non-hydrogen) atoms. The van der Waals surface area contributed by atoms with Crippen molar-refractivity contribution in [1.29, 1.82) is 10.5 Å². The number of allylic oxidation sites excluding steroid dienone is 2. The zero-order valence-electron chi connectivity index (χ0n) is 21.7. The predicted octanol–water partition coefficient (Wildman–Crippen LogP) is 7.54. The Hall–Kier alpha value is -4.40. The van der Waals surface area contributed by atoms with Gasteiger partial charge in [0.05, 0.1) is 12.1 Å². The maximum Gasteiger partial charge on any atom is 0.116 e. The molecule has 2 bridgehead atoms. The lowest BCUT2D eigenvalue weighted by Crippen LogP contribution is -2.54. The van der Waals surface area contributed by atoms with Crippen molar-refractivity contribution in [2.75, 3.05) is 0 Å². The summed E-state index contributed by atoms with van der Waals surface area (Å²) in [6.07, 6.45) is 1.34. The summed E-state index contributed by atoms with van der Waals surface area (Å²) in [6, 6.07) is 43.8. The van der Waals surface area contributed by atoms with Gasteiger partial charge in [0.15, 0.2) is 0 Å². The molecule has 0 spiro atoms. The number of fused-ring (bicyclic) bond motifs is 3. The van der Waals surface area contributed by atoms with Gasteiger partial charge in [-0.25, -0.2) is 0 Å². The molecule has 0 amide bonds. The number of benzene rings is 4. The third kappa shape index (κ3) is 2.42. The van der Waals surface area contributed by atoms with Crippen molar-refractivity contribution in [1.82, 2.24) is 0 Å². The van der Waals surface area contributed by atoms with Crippen LogP contribution < -0.4 is 0 Å².